The van der Waals surface area contributed by atoms with Crippen LogP contribution in [-0.2, 0) is 9.84 Å². The molecule has 0 saturated heterocycles. The van der Waals surface area contributed by atoms with Crippen molar-refractivity contribution in [3.63, 3.8) is 0 Å². The van der Waals surface area contributed by atoms with Gasteiger partial charge in [0.1, 0.15) is 0 Å². The van der Waals surface area contributed by atoms with Crippen LogP contribution in [0.4, 0.5) is 13.2 Å². The second kappa shape index (κ2) is 4.81. The Balaban J connectivity index is 3.44. The average molecular weight is 300 g/mol. The van der Waals surface area contributed by atoms with E-state index < -0.39 is 26.2 Å². The second-order valence-electron chi connectivity index (χ2n) is 3.12. The molecule has 0 radical (unpaired) electrons. The first kappa shape index (κ1) is 14.8. The highest BCUT2D eigenvalue weighted by molar-refractivity contribution is 7.98. The summed E-state index contributed by atoms with van der Waals surface area (Å²) in [6.07, 6.45) is 1.44. The van der Waals surface area contributed by atoms with Crippen LogP contribution >= 0.6 is 11.8 Å². The smallest absolute Gasteiger partial charge is 0.478 e. The maximum atomic E-state index is 12.3. The third-order valence-corrected chi connectivity index (χ3v) is 4.28. The van der Waals surface area contributed by atoms with Crippen LogP contribution in [-0.4, -0.2) is 31.3 Å². The van der Waals surface area contributed by atoms with E-state index in [0.717, 1.165) is 17.8 Å². The fourth-order valence-electron chi connectivity index (χ4n) is 1.15. The first-order valence-electron chi connectivity index (χ1n) is 4.34. The summed E-state index contributed by atoms with van der Waals surface area (Å²) in [5, 5.41) is 8.77. The zero-order valence-electron chi connectivity index (χ0n) is 8.85. The molecule has 0 aliphatic rings. The molecule has 100 valence electrons. The minimum Gasteiger partial charge on any atom is -0.478 e. The molecular weight excluding hydrogens is 293 g/mol. The highest BCUT2D eigenvalue weighted by atomic mass is 32.2. The van der Waals surface area contributed by atoms with Crippen LogP contribution < -0.4 is 0 Å². The van der Waals surface area contributed by atoms with E-state index in [1.807, 2.05) is 0 Å². The number of thioether (sulfide) groups is 1. The van der Waals surface area contributed by atoms with E-state index in [4.69, 9.17) is 5.11 Å². The molecule has 0 aromatic heterocycles. The summed E-state index contributed by atoms with van der Waals surface area (Å²) in [7, 11) is -5.46. The van der Waals surface area contributed by atoms with Gasteiger partial charge in [0.15, 0.2) is 0 Å². The number of hydrogen-bond acceptors (Lipinski definition) is 4. The van der Waals surface area contributed by atoms with Gasteiger partial charge in [-0.3, -0.25) is 0 Å². The largest absolute Gasteiger partial charge is 0.501 e. The van der Waals surface area contributed by atoms with Gasteiger partial charge in [-0.2, -0.15) is 13.2 Å². The zero-order chi connectivity index (χ0) is 14.1. The lowest BCUT2D eigenvalue weighted by molar-refractivity contribution is -0.0436. The maximum Gasteiger partial charge on any atom is 0.501 e. The molecule has 0 heterocycles. The maximum absolute atomic E-state index is 12.3. The standard InChI is InChI=1S/C9H7F3O4S2/c1-17-7-4-5(2-3-6(7)8(13)14)18(15,16)9(10,11)12/h2-4H,1H3,(H,13,14). The predicted molar refractivity (Wildman–Crippen MR) is 58.4 cm³/mol. The Hall–Kier alpha value is -1.22. The molecule has 0 amide bonds. The summed E-state index contributed by atoms with van der Waals surface area (Å²) in [5.74, 6) is -1.34. The molecule has 1 aromatic carbocycles. The molecule has 9 heteroatoms. The first-order chi connectivity index (χ1) is 8.11. The number of hydrogen-bond donors (Lipinski definition) is 1. The van der Waals surface area contributed by atoms with Crippen molar-refractivity contribution in [1.82, 2.24) is 0 Å². The third kappa shape index (κ3) is 2.61. The van der Waals surface area contributed by atoms with Gasteiger partial charge in [-0.1, -0.05) is 0 Å². The number of carboxylic acid groups (broad SMARTS) is 1. The molecule has 4 nitrogen and oxygen atoms in total. The number of carbonyl (C=O) groups is 1. The second-order valence-corrected chi connectivity index (χ2v) is 5.91. The molecule has 0 atom stereocenters. The van der Waals surface area contributed by atoms with Crippen LogP contribution in [0.3, 0.4) is 0 Å². The van der Waals surface area contributed by atoms with Crippen LogP contribution in [0, 0.1) is 0 Å². The van der Waals surface area contributed by atoms with Crippen LogP contribution in [0.2, 0.25) is 0 Å². The van der Waals surface area contributed by atoms with Gasteiger partial charge in [0.2, 0.25) is 0 Å². The van der Waals surface area contributed by atoms with E-state index in [0.29, 0.717) is 12.1 Å². The lowest BCUT2D eigenvalue weighted by Gasteiger charge is -2.10. The Labute approximate surface area is 105 Å². The van der Waals surface area contributed by atoms with E-state index in [1.165, 1.54) is 6.26 Å². The molecule has 18 heavy (non-hydrogen) atoms. The first-order valence-corrected chi connectivity index (χ1v) is 7.04. The van der Waals surface area contributed by atoms with Gasteiger partial charge in [0, 0.05) is 4.90 Å². The van der Waals surface area contributed by atoms with Crippen molar-refractivity contribution in [1.29, 1.82) is 0 Å². The Bertz CT molecular complexity index is 578. The van der Waals surface area contributed by atoms with E-state index in [1.54, 1.807) is 0 Å². The van der Waals surface area contributed by atoms with Gasteiger partial charge < -0.3 is 5.11 Å². The summed E-state index contributed by atoms with van der Waals surface area (Å²) in [6, 6.07) is 2.18. The number of benzene rings is 1. The fourth-order valence-corrected chi connectivity index (χ4v) is 2.63. The normalized spacial score (nSPS) is 12.4. The summed E-state index contributed by atoms with van der Waals surface area (Å²) < 4.78 is 59.2. The van der Waals surface area contributed by atoms with Gasteiger partial charge in [-0.25, -0.2) is 13.2 Å². The topological polar surface area (TPSA) is 71.4 Å². The molecule has 0 aliphatic carbocycles. The SMILES string of the molecule is CSc1cc(S(=O)(=O)C(F)(F)F)ccc1C(=O)O. The predicted octanol–water partition coefficient (Wildman–Crippen LogP) is 2.40. The number of halogens is 3. The Morgan fingerprint density at radius 1 is 1.33 bits per heavy atom. The summed E-state index contributed by atoms with van der Waals surface area (Å²) in [4.78, 5) is 9.74. The fraction of sp³-hybridized carbons (Fsp3) is 0.222. The molecule has 0 spiro atoms. The van der Waals surface area contributed by atoms with Gasteiger partial charge in [-0.15, -0.1) is 11.8 Å². The average Bonchev–Trinajstić information content (AvgIpc) is 2.26. The van der Waals surface area contributed by atoms with Gasteiger partial charge >= 0.3 is 11.5 Å². The molecule has 1 aromatic rings. The lowest BCUT2D eigenvalue weighted by Crippen LogP contribution is -2.23. The number of alkyl halides is 3. The van der Waals surface area contributed by atoms with Crippen molar-refractivity contribution in [2.75, 3.05) is 6.26 Å². The van der Waals surface area contributed by atoms with Gasteiger partial charge in [0.25, 0.3) is 9.84 Å². The van der Waals surface area contributed by atoms with E-state index in [9.17, 15) is 26.4 Å². The molecule has 0 saturated carbocycles. The van der Waals surface area contributed by atoms with E-state index in [-0.39, 0.29) is 10.5 Å². The van der Waals surface area contributed by atoms with Crippen molar-refractivity contribution in [2.24, 2.45) is 0 Å². The van der Waals surface area contributed by atoms with Crippen LogP contribution in [0.5, 0.6) is 0 Å². The van der Waals surface area contributed by atoms with Crippen molar-refractivity contribution in [3.05, 3.63) is 23.8 Å². The van der Waals surface area contributed by atoms with Crippen molar-refractivity contribution < 1.29 is 31.5 Å². The van der Waals surface area contributed by atoms with E-state index >= 15 is 0 Å². The highest BCUT2D eigenvalue weighted by Crippen LogP contribution is 2.33. The monoisotopic (exact) mass is 300 g/mol. The van der Waals surface area contributed by atoms with Crippen LogP contribution in [0.1, 0.15) is 10.4 Å². The summed E-state index contributed by atoms with van der Waals surface area (Å²) >= 11 is 0.852. The Morgan fingerprint density at radius 3 is 2.28 bits per heavy atom. The van der Waals surface area contributed by atoms with Gasteiger partial charge in [-0.05, 0) is 24.5 Å². The minimum absolute atomic E-state index is 0.0483. The molecule has 0 unspecified atom stereocenters. The molecule has 0 bridgehead atoms. The Morgan fingerprint density at radius 2 is 1.89 bits per heavy atom. The van der Waals surface area contributed by atoms with Crippen LogP contribution in [0.15, 0.2) is 28.0 Å². The highest BCUT2D eigenvalue weighted by Gasteiger charge is 2.47. The number of aromatic carboxylic acids is 1. The van der Waals surface area contributed by atoms with Crippen molar-refractivity contribution in [3.8, 4) is 0 Å². The lowest BCUT2D eigenvalue weighted by atomic mass is 10.2. The molecule has 1 rings (SSSR count). The van der Waals surface area contributed by atoms with Crippen LogP contribution in [0.25, 0.3) is 0 Å². The molecular formula is C9H7F3O4S2. The summed E-state index contributed by atoms with van der Waals surface area (Å²) in [6.45, 7) is 0. The third-order valence-electron chi connectivity index (χ3n) is 2.02. The number of rotatable bonds is 3. The number of carboxylic acids is 1. The van der Waals surface area contributed by atoms with Crippen molar-refractivity contribution >= 4 is 27.6 Å². The zero-order valence-corrected chi connectivity index (χ0v) is 10.5. The molecule has 0 aliphatic heterocycles. The van der Waals surface area contributed by atoms with Crippen molar-refractivity contribution in [2.45, 2.75) is 15.3 Å². The molecule has 0 fully saturated rings. The van der Waals surface area contributed by atoms with Gasteiger partial charge in [0.05, 0.1) is 10.5 Å². The minimum atomic E-state index is -5.46. The summed E-state index contributed by atoms with van der Waals surface area (Å²) in [5.41, 5.74) is -5.66. The Kier molecular flexibility index (Phi) is 3.96. The number of sulfone groups is 1. The van der Waals surface area contributed by atoms with E-state index in [2.05, 4.69) is 0 Å². The molecule has 1 N–H and O–H groups in total. The quantitative estimate of drug-likeness (QED) is 0.868.